The Hall–Kier alpha value is -2.34. The van der Waals surface area contributed by atoms with Crippen LogP contribution in [0, 0.1) is 6.92 Å². The van der Waals surface area contributed by atoms with E-state index >= 15 is 0 Å². The summed E-state index contributed by atoms with van der Waals surface area (Å²) in [7, 11) is 0. The molecule has 0 saturated carbocycles. The Kier molecular flexibility index (Phi) is 6.87. The first-order valence-corrected chi connectivity index (χ1v) is 9.84. The van der Waals surface area contributed by atoms with Gasteiger partial charge < -0.3 is 15.5 Å². The van der Waals surface area contributed by atoms with Crippen LogP contribution in [0.5, 0.6) is 0 Å². The average molecular weight is 388 g/mol. The maximum atomic E-state index is 12.1. The molecular weight excluding hydrogens is 362 g/mol. The summed E-state index contributed by atoms with van der Waals surface area (Å²) in [6.45, 7) is 5.14. The molecule has 0 bridgehead atoms. The van der Waals surface area contributed by atoms with Gasteiger partial charge in [0.25, 0.3) is 0 Å². The van der Waals surface area contributed by atoms with Gasteiger partial charge in [0.15, 0.2) is 0 Å². The van der Waals surface area contributed by atoms with E-state index in [1.165, 1.54) is 19.3 Å². The fraction of sp³-hybridized carbons (Fsp3) is 0.450. The number of amides is 1. The molecule has 0 atom stereocenters. The molecule has 1 fully saturated rings. The first kappa shape index (κ1) is 19.4. The number of rotatable bonds is 7. The predicted molar refractivity (Wildman–Crippen MR) is 109 cm³/mol. The van der Waals surface area contributed by atoms with Crippen molar-refractivity contribution in [1.82, 2.24) is 15.3 Å². The molecule has 144 valence electrons. The van der Waals surface area contributed by atoms with Crippen molar-refractivity contribution >= 4 is 29.3 Å². The minimum absolute atomic E-state index is 0.0518. The molecule has 2 N–H and O–H groups in total. The second-order valence-electron chi connectivity index (χ2n) is 6.78. The van der Waals surface area contributed by atoms with Crippen LogP contribution in [0.3, 0.4) is 0 Å². The lowest BCUT2D eigenvalue weighted by Gasteiger charge is -2.28. The van der Waals surface area contributed by atoms with Gasteiger partial charge in [0, 0.05) is 43.0 Å². The van der Waals surface area contributed by atoms with Crippen LogP contribution in [0.2, 0.25) is 5.02 Å². The zero-order valence-corrected chi connectivity index (χ0v) is 16.4. The van der Waals surface area contributed by atoms with Crippen molar-refractivity contribution in [2.45, 2.75) is 32.6 Å². The molecule has 0 unspecified atom stereocenters. The highest BCUT2D eigenvalue weighted by Crippen LogP contribution is 2.19. The fourth-order valence-electron chi connectivity index (χ4n) is 3.17. The highest BCUT2D eigenvalue weighted by Gasteiger charge is 2.13. The Labute approximate surface area is 165 Å². The van der Waals surface area contributed by atoms with Gasteiger partial charge >= 0.3 is 0 Å². The van der Waals surface area contributed by atoms with Crippen molar-refractivity contribution in [2.75, 3.05) is 36.4 Å². The van der Waals surface area contributed by atoms with Gasteiger partial charge in [-0.05, 0) is 37.8 Å². The minimum Gasteiger partial charge on any atom is -0.356 e. The van der Waals surface area contributed by atoms with E-state index in [2.05, 4.69) is 25.5 Å². The van der Waals surface area contributed by atoms with Gasteiger partial charge in [0.1, 0.15) is 5.82 Å². The monoisotopic (exact) mass is 387 g/mol. The maximum Gasteiger partial charge on any atom is 0.224 e. The molecule has 27 heavy (non-hydrogen) atoms. The minimum atomic E-state index is -0.0518. The number of hydrogen-bond donors (Lipinski definition) is 2. The molecule has 3 rings (SSSR count). The van der Waals surface area contributed by atoms with E-state index in [9.17, 15) is 4.79 Å². The van der Waals surface area contributed by atoms with Gasteiger partial charge in [-0.1, -0.05) is 29.8 Å². The van der Waals surface area contributed by atoms with Crippen LogP contribution in [0.1, 0.15) is 30.5 Å². The van der Waals surface area contributed by atoms with Gasteiger partial charge in [0.2, 0.25) is 11.9 Å². The maximum absolute atomic E-state index is 12.1. The second kappa shape index (κ2) is 9.55. The Bertz CT molecular complexity index is 777. The third-order valence-electron chi connectivity index (χ3n) is 4.56. The molecule has 1 amide bonds. The van der Waals surface area contributed by atoms with E-state index in [0.29, 0.717) is 24.1 Å². The summed E-state index contributed by atoms with van der Waals surface area (Å²) in [5.41, 5.74) is 1.77. The summed E-state index contributed by atoms with van der Waals surface area (Å²) in [6, 6.07) is 9.42. The fourth-order valence-corrected chi connectivity index (χ4v) is 3.37. The van der Waals surface area contributed by atoms with E-state index in [4.69, 9.17) is 11.6 Å². The number of anilines is 2. The Morgan fingerprint density at radius 1 is 1.15 bits per heavy atom. The van der Waals surface area contributed by atoms with Crippen LogP contribution in [0.15, 0.2) is 30.3 Å². The Balaban J connectivity index is 1.46. The lowest BCUT2D eigenvalue weighted by molar-refractivity contribution is -0.120. The number of halogens is 1. The number of piperidine rings is 1. The molecule has 0 aliphatic carbocycles. The number of aryl methyl sites for hydroxylation is 1. The molecule has 1 aromatic carbocycles. The van der Waals surface area contributed by atoms with Crippen molar-refractivity contribution in [2.24, 2.45) is 0 Å². The Morgan fingerprint density at radius 2 is 1.93 bits per heavy atom. The zero-order valence-electron chi connectivity index (χ0n) is 15.7. The molecule has 0 radical (unpaired) electrons. The summed E-state index contributed by atoms with van der Waals surface area (Å²) in [6.07, 6.45) is 3.99. The molecule has 1 aliphatic rings. The van der Waals surface area contributed by atoms with Gasteiger partial charge in [0.05, 0.1) is 6.42 Å². The van der Waals surface area contributed by atoms with Crippen LogP contribution in [-0.4, -0.2) is 42.1 Å². The van der Waals surface area contributed by atoms with E-state index in [1.54, 1.807) is 6.07 Å². The summed E-state index contributed by atoms with van der Waals surface area (Å²) in [5, 5.41) is 6.72. The largest absolute Gasteiger partial charge is 0.356 e. The van der Waals surface area contributed by atoms with Gasteiger partial charge in [-0.25, -0.2) is 4.98 Å². The highest BCUT2D eigenvalue weighted by molar-refractivity contribution is 6.31. The van der Waals surface area contributed by atoms with Crippen LogP contribution < -0.4 is 15.5 Å². The number of nitrogens with one attached hydrogen (secondary N) is 2. The normalized spacial score (nSPS) is 14.1. The summed E-state index contributed by atoms with van der Waals surface area (Å²) in [5.74, 6) is 1.53. The smallest absolute Gasteiger partial charge is 0.224 e. The van der Waals surface area contributed by atoms with Crippen molar-refractivity contribution < 1.29 is 4.79 Å². The molecule has 0 spiro atoms. The van der Waals surface area contributed by atoms with E-state index in [0.717, 1.165) is 30.2 Å². The summed E-state index contributed by atoms with van der Waals surface area (Å²) >= 11 is 6.09. The average Bonchev–Trinajstić information content (AvgIpc) is 2.67. The number of nitrogens with zero attached hydrogens (tertiary/aromatic N) is 3. The first-order chi connectivity index (χ1) is 13.1. The summed E-state index contributed by atoms with van der Waals surface area (Å²) in [4.78, 5) is 23.4. The van der Waals surface area contributed by atoms with Crippen molar-refractivity contribution in [3.05, 3.63) is 46.6 Å². The molecule has 2 aromatic rings. The SMILES string of the molecule is Cc1cc(N2CCCCC2)nc(NCCNC(=O)Cc2ccccc2Cl)n1. The number of hydrogen-bond acceptors (Lipinski definition) is 5. The highest BCUT2D eigenvalue weighted by atomic mass is 35.5. The quantitative estimate of drug-likeness (QED) is 0.714. The number of benzene rings is 1. The predicted octanol–water partition coefficient (Wildman–Crippen LogP) is 3.20. The van der Waals surface area contributed by atoms with Crippen molar-refractivity contribution in [1.29, 1.82) is 0 Å². The third-order valence-corrected chi connectivity index (χ3v) is 4.93. The van der Waals surface area contributed by atoms with Crippen LogP contribution >= 0.6 is 11.6 Å². The van der Waals surface area contributed by atoms with Gasteiger partial charge in [-0.2, -0.15) is 4.98 Å². The van der Waals surface area contributed by atoms with Crippen LogP contribution in [0.25, 0.3) is 0 Å². The molecule has 1 aromatic heterocycles. The van der Waals surface area contributed by atoms with E-state index in [1.807, 2.05) is 31.2 Å². The molecule has 7 heteroatoms. The van der Waals surface area contributed by atoms with Crippen LogP contribution in [0.4, 0.5) is 11.8 Å². The molecule has 1 aliphatic heterocycles. The summed E-state index contributed by atoms with van der Waals surface area (Å²) < 4.78 is 0. The lowest BCUT2D eigenvalue weighted by Crippen LogP contribution is -2.31. The lowest BCUT2D eigenvalue weighted by atomic mass is 10.1. The van der Waals surface area contributed by atoms with Crippen molar-refractivity contribution in [3.63, 3.8) is 0 Å². The number of carbonyl (C=O) groups is 1. The number of carbonyl (C=O) groups excluding carboxylic acids is 1. The van der Waals surface area contributed by atoms with Gasteiger partial charge in [-0.3, -0.25) is 4.79 Å². The first-order valence-electron chi connectivity index (χ1n) is 9.46. The topological polar surface area (TPSA) is 70.2 Å². The standard InChI is InChI=1S/C20H26ClN5O/c1-15-13-18(26-11-5-2-6-12-26)25-20(24-15)23-10-9-22-19(27)14-16-7-3-4-8-17(16)21/h3-4,7-8,13H,2,5-6,9-12,14H2,1H3,(H,22,27)(H,23,24,25). The molecular formula is C20H26ClN5O. The second-order valence-corrected chi connectivity index (χ2v) is 7.19. The zero-order chi connectivity index (χ0) is 19.1. The van der Waals surface area contributed by atoms with E-state index in [-0.39, 0.29) is 12.3 Å². The van der Waals surface area contributed by atoms with E-state index < -0.39 is 0 Å². The van der Waals surface area contributed by atoms with Gasteiger partial charge in [-0.15, -0.1) is 0 Å². The molecule has 1 saturated heterocycles. The Morgan fingerprint density at radius 3 is 2.70 bits per heavy atom. The van der Waals surface area contributed by atoms with Crippen LogP contribution in [-0.2, 0) is 11.2 Å². The van der Waals surface area contributed by atoms with Crippen molar-refractivity contribution in [3.8, 4) is 0 Å². The molecule has 6 nitrogen and oxygen atoms in total. The number of aromatic nitrogens is 2. The third kappa shape index (κ3) is 5.82. The molecule has 2 heterocycles.